The molecule has 2 aromatic carbocycles. The van der Waals surface area contributed by atoms with E-state index in [0.717, 1.165) is 72.2 Å². The zero-order valence-electron chi connectivity index (χ0n) is 22.6. The van der Waals surface area contributed by atoms with Gasteiger partial charge in [0.15, 0.2) is 5.17 Å². The predicted octanol–water partition coefficient (Wildman–Crippen LogP) is 4.44. The Labute approximate surface area is 233 Å². The molecule has 3 aliphatic rings. The molecule has 6 rings (SSSR count). The zero-order chi connectivity index (χ0) is 26.8. The first kappa shape index (κ1) is 26.0. The molecule has 2 saturated heterocycles. The van der Waals surface area contributed by atoms with E-state index < -0.39 is 0 Å². The second kappa shape index (κ2) is 11.5. The summed E-state index contributed by atoms with van der Waals surface area (Å²) in [5, 5.41) is 1.73. The quantitative estimate of drug-likeness (QED) is 0.438. The number of amides is 1. The SMILES string of the molecule is CCCN1CCN(c2ccc(-c3ncnc4ccc(C=C5SC(N6CCOCC6)=NC5=O)cc34)cc2C)CC1. The van der Waals surface area contributed by atoms with Crippen LogP contribution in [0.2, 0.25) is 0 Å². The molecule has 0 saturated carbocycles. The number of carbonyl (C=O) groups is 1. The molecular weight excluding hydrogens is 508 g/mol. The number of benzene rings is 2. The number of morpholine rings is 1. The van der Waals surface area contributed by atoms with Crippen LogP contribution in [0.1, 0.15) is 24.5 Å². The fraction of sp³-hybridized carbons (Fsp3) is 0.400. The van der Waals surface area contributed by atoms with E-state index in [1.54, 1.807) is 6.33 Å². The van der Waals surface area contributed by atoms with E-state index >= 15 is 0 Å². The number of ether oxygens (including phenoxy) is 1. The van der Waals surface area contributed by atoms with Gasteiger partial charge in [0.05, 0.1) is 29.3 Å². The number of anilines is 1. The molecule has 39 heavy (non-hydrogen) atoms. The van der Waals surface area contributed by atoms with Gasteiger partial charge in [0, 0.05) is 55.9 Å². The van der Waals surface area contributed by atoms with Crippen molar-refractivity contribution in [2.75, 3.05) is 63.9 Å². The summed E-state index contributed by atoms with van der Waals surface area (Å²) in [4.78, 5) is 34.0. The van der Waals surface area contributed by atoms with Crippen molar-refractivity contribution in [2.24, 2.45) is 4.99 Å². The molecule has 0 spiro atoms. The Balaban J connectivity index is 1.24. The topological polar surface area (TPSA) is 74.2 Å². The number of nitrogens with zero attached hydrogens (tertiary/aromatic N) is 6. The summed E-state index contributed by atoms with van der Waals surface area (Å²) in [5.41, 5.74) is 6.34. The molecule has 202 valence electrons. The molecule has 3 aliphatic heterocycles. The van der Waals surface area contributed by atoms with E-state index in [1.807, 2.05) is 18.2 Å². The third kappa shape index (κ3) is 5.57. The molecule has 2 fully saturated rings. The van der Waals surface area contributed by atoms with Crippen LogP contribution in [0.4, 0.5) is 5.69 Å². The molecular formula is C30H34N6O2S. The lowest BCUT2D eigenvalue weighted by molar-refractivity contribution is -0.113. The maximum Gasteiger partial charge on any atom is 0.286 e. The van der Waals surface area contributed by atoms with Crippen LogP contribution in [0.15, 0.2) is 52.6 Å². The van der Waals surface area contributed by atoms with Gasteiger partial charge in [-0.3, -0.25) is 9.69 Å². The Morgan fingerprint density at radius 1 is 0.974 bits per heavy atom. The summed E-state index contributed by atoms with van der Waals surface area (Å²) >= 11 is 1.44. The van der Waals surface area contributed by atoms with Crippen LogP contribution in [-0.4, -0.2) is 89.9 Å². The Morgan fingerprint density at radius 2 is 1.79 bits per heavy atom. The van der Waals surface area contributed by atoms with Gasteiger partial charge in [-0.25, -0.2) is 9.97 Å². The van der Waals surface area contributed by atoms with Crippen LogP contribution in [-0.2, 0) is 9.53 Å². The molecule has 8 nitrogen and oxygen atoms in total. The lowest BCUT2D eigenvalue weighted by Gasteiger charge is -2.36. The van der Waals surface area contributed by atoms with Crippen LogP contribution < -0.4 is 4.90 Å². The van der Waals surface area contributed by atoms with Gasteiger partial charge < -0.3 is 14.5 Å². The van der Waals surface area contributed by atoms with E-state index in [-0.39, 0.29) is 5.91 Å². The fourth-order valence-electron chi connectivity index (χ4n) is 5.52. The number of aromatic nitrogens is 2. The van der Waals surface area contributed by atoms with Crippen molar-refractivity contribution in [2.45, 2.75) is 20.3 Å². The summed E-state index contributed by atoms with van der Waals surface area (Å²) < 4.78 is 5.43. The molecule has 0 N–H and O–H groups in total. The van der Waals surface area contributed by atoms with Crippen molar-refractivity contribution in [3.63, 3.8) is 0 Å². The second-order valence-electron chi connectivity index (χ2n) is 10.2. The van der Waals surface area contributed by atoms with Gasteiger partial charge in [0.1, 0.15) is 6.33 Å². The molecule has 0 aliphatic carbocycles. The number of rotatable bonds is 5. The van der Waals surface area contributed by atoms with E-state index in [1.165, 1.54) is 36.0 Å². The Kier molecular flexibility index (Phi) is 7.63. The number of thioether (sulfide) groups is 1. The predicted molar refractivity (Wildman–Crippen MR) is 159 cm³/mol. The van der Waals surface area contributed by atoms with Crippen molar-refractivity contribution >= 4 is 45.5 Å². The Hall–Kier alpha value is -3.27. The smallest absolute Gasteiger partial charge is 0.286 e. The highest BCUT2D eigenvalue weighted by atomic mass is 32.2. The Bertz CT molecular complexity index is 1440. The van der Waals surface area contributed by atoms with Gasteiger partial charge in [-0.05, 0) is 73.1 Å². The number of aryl methyl sites for hydroxylation is 1. The summed E-state index contributed by atoms with van der Waals surface area (Å²) in [6.07, 6.45) is 4.76. The second-order valence-corrected chi connectivity index (χ2v) is 11.2. The average Bonchev–Trinajstić information content (AvgIpc) is 3.33. The molecule has 0 bridgehead atoms. The molecule has 0 unspecified atom stereocenters. The fourth-order valence-corrected chi connectivity index (χ4v) is 6.48. The van der Waals surface area contributed by atoms with Gasteiger partial charge >= 0.3 is 0 Å². The van der Waals surface area contributed by atoms with Crippen LogP contribution in [0, 0.1) is 6.92 Å². The zero-order valence-corrected chi connectivity index (χ0v) is 23.4. The molecule has 1 aromatic heterocycles. The molecule has 9 heteroatoms. The van der Waals surface area contributed by atoms with Crippen LogP contribution in [0.3, 0.4) is 0 Å². The van der Waals surface area contributed by atoms with Crippen molar-refractivity contribution in [1.29, 1.82) is 0 Å². The van der Waals surface area contributed by atoms with Gasteiger partial charge in [-0.1, -0.05) is 19.1 Å². The summed E-state index contributed by atoms with van der Waals surface area (Å²) in [6, 6.07) is 12.7. The minimum atomic E-state index is -0.187. The summed E-state index contributed by atoms with van der Waals surface area (Å²) in [5.74, 6) is -0.187. The lowest BCUT2D eigenvalue weighted by atomic mass is 10.0. The Morgan fingerprint density at radius 3 is 2.56 bits per heavy atom. The van der Waals surface area contributed by atoms with E-state index in [0.29, 0.717) is 18.1 Å². The third-order valence-corrected chi connectivity index (χ3v) is 8.62. The molecule has 0 atom stereocenters. The minimum absolute atomic E-state index is 0.187. The van der Waals surface area contributed by atoms with Gasteiger partial charge in [0.2, 0.25) is 0 Å². The number of fused-ring (bicyclic) bond motifs is 1. The first-order chi connectivity index (χ1) is 19.1. The molecule has 1 amide bonds. The highest BCUT2D eigenvalue weighted by Crippen LogP contribution is 2.33. The normalized spacial score (nSPS) is 19.8. The first-order valence-corrected chi connectivity index (χ1v) is 14.6. The van der Waals surface area contributed by atoms with Crippen LogP contribution in [0.5, 0.6) is 0 Å². The van der Waals surface area contributed by atoms with E-state index in [2.05, 4.69) is 67.8 Å². The van der Waals surface area contributed by atoms with E-state index in [4.69, 9.17) is 4.74 Å². The summed E-state index contributed by atoms with van der Waals surface area (Å²) in [7, 11) is 0. The number of piperazine rings is 1. The van der Waals surface area contributed by atoms with Crippen molar-refractivity contribution < 1.29 is 9.53 Å². The highest BCUT2D eigenvalue weighted by Gasteiger charge is 2.27. The largest absolute Gasteiger partial charge is 0.378 e. The number of amidine groups is 1. The first-order valence-electron chi connectivity index (χ1n) is 13.8. The number of carbonyl (C=O) groups excluding carboxylic acids is 1. The maximum absolute atomic E-state index is 12.7. The molecule has 0 radical (unpaired) electrons. The molecule has 3 aromatic rings. The van der Waals surface area contributed by atoms with Crippen molar-refractivity contribution in [1.82, 2.24) is 19.8 Å². The van der Waals surface area contributed by atoms with Crippen LogP contribution >= 0.6 is 11.8 Å². The lowest BCUT2D eigenvalue weighted by Crippen LogP contribution is -2.46. The third-order valence-electron chi connectivity index (χ3n) is 7.57. The highest BCUT2D eigenvalue weighted by molar-refractivity contribution is 8.18. The van der Waals surface area contributed by atoms with E-state index in [9.17, 15) is 4.79 Å². The average molecular weight is 543 g/mol. The molecule has 4 heterocycles. The monoisotopic (exact) mass is 542 g/mol. The van der Waals surface area contributed by atoms with Crippen molar-refractivity contribution in [3.05, 3.63) is 58.8 Å². The number of hydrogen-bond acceptors (Lipinski definition) is 8. The van der Waals surface area contributed by atoms with Gasteiger partial charge in [0.25, 0.3) is 5.91 Å². The standard InChI is InChI=1S/C30H34N6O2S/c1-3-8-34-9-11-35(12-10-34)26-7-5-23(17-21(26)2)28-24-18-22(4-6-25(24)31-20-32-28)19-27-29(37)33-30(39-27)36-13-15-38-16-14-36/h4-7,17-20H,3,8-16H2,1-2H3. The summed E-state index contributed by atoms with van der Waals surface area (Å²) in [6.45, 7) is 12.8. The minimum Gasteiger partial charge on any atom is -0.378 e. The maximum atomic E-state index is 12.7. The van der Waals surface area contributed by atoms with Gasteiger partial charge in [-0.15, -0.1) is 0 Å². The number of aliphatic imine (C=N–C) groups is 1. The van der Waals surface area contributed by atoms with Crippen molar-refractivity contribution in [3.8, 4) is 11.3 Å². The number of hydrogen-bond donors (Lipinski definition) is 0. The van der Waals surface area contributed by atoms with Gasteiger partial charge in [-0.2, -0.15) is 4.99 Å². The van der Waals surface area contributed by atoms with Crippen LogP contribution in [0.25, 0.3) is 28.2 Å².